The molecule has 0 spiro atoms. The van der Waals surface area contributed by atoms with Crippen LogP contribution in [-0.4, -0.2) is 86.0 Å². The monoisotopic (exact) mass is 528 g/mol. The van der Waals surface area contributed by atoms with Crippen molar-refractivity contribution in [3.05, 3.63) is 18.2 Å². The molecule has 13 nitrogen and oxygen atoms in total. The van der Waals surface area contributed by atoms with Crippen LogP contribution < -0.4 is 21.7 Å². The Morgan fingerprint density at radius 2 is 1.61 bits per heavy atom. The largest absolute Gasteiger partial charge is 0.481 e. The van der Waals surface area contributed by atoms with E-state index >= 15 is 0 Å². The van der Waals surface area contributed by atoms with E-state index in [9.17, 15) is 29.1 Å². The SMILES string of the molecule is CSCCC(NC(=O)C(Cc1cnc[nH]1)NC(=O)C(N)CC(C)C)C(=O)NC(CCC(=O)O)C(=O)O. The van der Waals surface area contributed by atoms with Crippen molar-refractivity contribution in [1.29, 1.82) is 0 Å². The first kappa shape index (κ1) is 30.9. The Balaban J connectivity index is 3.02. The maximum Gasteiger partial charge on any atom is 0.326 e. The zero-order chi connectivity index (χ0) is 27.3. The van der Waals surface area contributed by atoms with Gasteiger partial charge in [-0.1, -0.05) is 13.8 Å². The predicted molar refractivity (Wildman–Crippen MR) is 133 cm³/mol. The number of carbonyl (C=O) groups excluding carboxylic acids is 3. The Hall–Kier alpha value is -3.13. The molecule has 1 aromatic heterocycles. The van der Waals surface area contributed by atoms with Crippen LogP contribution in [0.4, 0.5) is 0 Å². The van der Waals surface area contributed by atoms with Crippen molar-refractivity contribution in [1.82, 2.24) is 25.9 Å². The average Bonchev–Trinajstić information content (AvgIpc) is 3.30. The van der Waals surface area contributed by atoms with E-state index in [1.54, 1.807) is 6.26 Å². The molecule has 8 N–H and O–H groups in total. The third-order valence-corrected chi connectivity index (χ3v) is 5.82. The molecule has 0 aliphatic rings. The molecule has 1 rings (SSSR count). The molecule has 0 aliphatic heterocycles. The Bertz CT molecular complexity index is 880. The topological polar surface area (TPSA) is 217 Å². The second kappa shape index (κ2) is 15.8. The molecule has 0 fully saturated rings. The quantitative estimate of drug-likeness (QED) is 0.137. The highest BCUT2D eigenvalue weighted by Gasteiger charge is 2.30. The van der Waals surface area contributed by atoms with E-state index in [1.807, 2.05) is 13.8 Å². The molecule has 0 bridgehead atoms. The van der Waals surface area contributed by atoms with Gasteiger partial charge in [0, 0.05) is 24.7 Å². The van der Waals surface area contributed by atoms with E-state index in [4.69, 9.17) is 10.8 Å². The molecular formula is C22H36N6O7S. The maximum atomic E-state index is 13.2. The number of carbonyl (C=O) groups is 5. The van der Waals surface area contributed by atoms with Crippen molar-refractivity contribution in [2.75, 3.05) is 12.0 Å². The van der Waals surface area contributed by atoms with Crippen LogP contribution in [0.5, 0.6) is 0 Å². The van der Waals surface area contributed by atoms with Crippen LogP contribution >= 0.6 is 11.8 Å². The molecule has 0 aromatic carbocycles. The number of amides is 3. The molecule has 0 radical (unpaired) electrons. The highest BCUT2D eigenvalue weighted by Crippen LogP contribution is 2.08. The number of hydrogen-bond acceptors (Lipinski definition) is 8. The fourth-order valence-electron chi connectivity index (χ4n) is 3.29. The number of H-pyrrole nitrogens is 1. The first-order chi connectivity index (χ1) is 16.9. The Kier molecular flexibility index (Phi) is 13.5. The summed E-state index contributed by atoms with van der Waals surface area (Å²) >= 11 is 1.42. The van der Waals surface area contributed by atoms with E-state index in [1.165, 1.54) is 24.3 Å². The third kappa shape index (κ3) is 11.5. The van der Waals surface area contributed by atoms with Gasteiger partial charge >= 0.3 is 11.9 Å². The average molecular weight is 529 g/mol. The number of aromatic nitrogens is 2. The second-order valence-electron chi connectivity index (χ2n) is 8.75. The molecular weight excluding hydrogens is 492 g/mol. The summed E-state index contributed by atoms with van der Waals surface area (Å²) in [4.78, 5) is 67.7. The number of carboxylic acids is 2. The van der Waals surface area contributed by atoms with Crippen molar-refractivity contribution in [3.63, 3.8) is 0 Å². The zero-order valence-corrected chi connectivity index (χ0v) is 21.5. The first-order valence-electron chi connectivity index (χ1n) is 11.5. The summed E-state index contributed by atoms with van der Waals surface area (Å²) in [6.07, 6.45) is 4.62. The molecule has 4 unspecified atom stereocenters. The van der Waals surface area contributed by atoms with Crippen molar-refractivity contribution in [2.45, 2.75) is 70.1 Å². The molecule has 0 saturated carbocycles. The minimum absolute atomic E-state index is 0.0548. The number of thioether (sulfide) groups is 1. The summed E-state index contributed by atoms with van der Waals surface area (Å²) in [5.74, 6) is -3.89. The molecule has 4 atom stereocenters. The van der Waals surface area contributed by atoms with Gasteiger partial charge in [0.05, 0.1) is 12.4 Å². The summed E-state index contributed by atoms with van der Waals surface area (Å²) in [6.45, 7) is 3.83. The van der Waals surface area contributed by atoms with Crippen LogP contribution in [0, 0.1) is 5.92 Å². The predicted octanol–water partition coefficient (Wildman–Crippen LogP) is -0.517. The van der Waals surface area contributed by atoms with Crippen molar-refractivity contribution in [2.24, 2.45) is 11.7 Å². The molecule has 3 amide bonds. The van der Waals surface area contributed by atoms with E-state index in [2.05, 4.69) is 25.9 Å². The summed E-state index contributed by atoms with van der Waals surface area (Å²) in [5.41, 5.74) is 6.53. The molecule has 0 saturated heterocycles. The Morgan fingerprint density at radius 1 is 1.00 bits per heavy atom. The van der Waals surface area contributed by atoms with Crippen LogP contribution in [-0.2, 0) is 30.4 Å². The number of nitrogens with one attached hydrogen (secondary N) is 4. The third-order valence-electron chi connectivity index (χ3n) is 5.18. The fraction of sp³-hybridized carbons (Fsp3) is 0.636. The van der Waals surface area contributed by atoms with Crippen LogP contribution in [0.3, 0.4) is 0 Å². The van der Waals surface area contributed by atoms with Gasteiger partial charge in [-0.05, 0) is 37.2 Å². The molecule has 202 valence electrons. The van der Waals surface area contributed by atoms with Gasteiger partial charge in [-0.2, -0.15) is 11.8 Å². The molecule has 1 heterocycles. The van der Waals surface area contributed by atoms with Gasteiger partial charge in [0.25, 0.3) is 0 Å². The Labute approximate surface area is 213 Å². The number of hydrogen-bond donors (Lipinski definition) is 7. The standard InChI is InChI=1S/C22H36N6O7S/c1-12(2)8-14(23)19(31)28-17(9-13-10-24-11-25-13)21(33)26-15(6-7-36-3)20(32)27-16(22(34)35)4-5-18(29)30/h10-12,14-17H,4-9,23H2,1-3H3,(H,24,25)(H,26,33)(H,27,32)(H,28,31)(H,29,30)(H,34,35). The van der Waals surface area contributed by atoms with E-state index in [-0.39, 0.29) is 25.2 Å². The van der Waals surface area contributed by atoms with E-state index < -0.39 is 60.2 Å². The lowest BCUT2D eigenvalue weighted by Gasteiger charge is -2.25. The van der Waals surface area contributed by atoms with Gasteiger partial charge in [0.15, 0.2) is 0 Å². The number of rotatable bonds is 17. The number of aromatic amines is 1. The highest BCUT2D eigenvalue weighted by molar-refractivity contribution is 7.98. The summed E-state index contributed by atoms with van der Waals surface area (Å²) in [7, 11) is 0. The van der Waals surface area contributed by atoms with Gasteiger partial charge in [-0.25, -0.2) is 9.78 Å². The van der Waals surface area contributed by atoms with E-state index in [0.717, 1.165) is 0 Å². The minimum Gasteiger partial charge on any atom is -0.481 e. The van der Waals surface area contributed by atoms with Gasteiger partial charge in [-0.3, -0.25) is 19.2 Å². The maximum absolute atomic E-state index is 13.2. The number of carboxylic acid groups (broad SMARTS) is 2. The molecule has 0 aliphatic carbocycles. The lowest BCUT2D eigenvalue weighted by atomic mass is 10.0. The van der Waals surface area contributed by atoms with Gasteiger partial charge in [0.1, 0.15) is 18.1 Å². The second-order valence-corrected chi connectivity index (χ2v) is 9.74. The lowest BCUT2D eigenvalue weighted by molar-refractivity contribution is -0.143. The minimum atomic E-state index is -1.43. The van der Waals surface area contributed by atoms with Crippen molar-refractivity contribution in [3.8, 4) is 0 Å². The first-order valence-corrected chi connectivity index (χ1v) is 12.9. The number of nitrogens with two attached hydrogens (primary N) is 1. The molecule has 14 heteroatoms. The molecule has 36 heavy (non-hydrogen) atoms. The number of nitrogens with zero attached hydrogens (tertiary/aromatic N) is 1. The van der Waals surface area contributed by atoms with Crippen LogP contribution in [0.15, 0.2) is 12.5 Å². The zero-order valence-electron chi connectivity index (χ0n) is 20.7. The molecule has 1 aromatic rings. The van der Waals surface area contributed by atoms with Gasteiger partial charge < -0.3 is 36.9 Å². The fourth-order valence-corrected chi connectivity index (χ4v) is 3.76. The summed E-state index contributed by atoms with van der Waals surface area (Å²) in [6, 6.07) is -4.45. The van der Waals surface area contributed by atoms with E-state index in [0.29, 0.717) is 17.9 Å². The van der Waals surface area contributed by atoms with Crippen LogP contribution in [0.2, 0.25) is 0 Å². The van der Waals surface area contributed by atoms with Crippen LogP contribution in [0.1, 0.15) is 45.2 Å². The van der Waals surface area contributed by atoms with Crippen LogP contribution in [0.25, 0.3) is 0 Å². The lowest BCUT2D eigenvalue weighted by Crippen LogP contribution is -2.57. The Morgan fingerprint density at radius 3 is 2.14 bits per heavy atom. The number of aliphatic carboxylic acids is 2. The summed E-state index contributed by atoms with van der Waals surface area (Å²) < 4.78 is 0. The number of imidazole rings is 1. The van der Waals surface area contributed by atoms with Crippen molar-refractivity contribution >= 4 is 41.4 Å². The summed E-state index contributed by atoms with van der Waals surface area (Å²) in [5, 5.41) is 25.7. The van der Waals surface area contributed by atoms with Gasteiger partial charge in [-0.15, -0.1) is 0 Å². The van der Waals surface area contributed by atoms with Crippen molar-refractivity contribution < 1.29 is 34.2 Å². The highest BCUT2D eigenvalue weighted by atomic mass is 32.2. The smallest absolute Gasteiger partial charge is 0.326 e. The van der Waals surface area contributed by atoms with Gasteiger partial charge in [0.2, 0.25) is 17.7 Å². The normalized spacial score (nSPS) is 14.4.